The Morgan fingerprint density at radius 2 is 2.09 bits per heavy atom. The van der Waals surface area contributed by atoms with Gasteiger partial charge in [0.2, 0.25) is 0 Å². The Morgan fingerprint density at radius 3 is 2.81 bits per heavy atom. The van der Waals surface area contributed by atoms with E-state index >= 15 is 0 Å². The number of ether oxygens (including phenoxy) is 2. The highest BCUT2D eigenvalue weighted by Crippen LogP contribution is 2.32. The molecule has 1 fully saturated rings. The van der Waals surface area contributed by atoms with Gasteiger partial charge in [-0.05, 0) is 31.5 Å². The summed E-state index contributed by atoms with van der Waals surface area (Å²) in [7, 11) is 1.76. The summed E-state index contributed by atoms with van der Waals surface area (Å²) < 4.78 is 12.8. The van der Waals surface area contributed by atoms with Crippen LogP contribution in [0, 0.1) is 0 Å². The Kier molecular flexibility index (Phi) is 6.40. The predicted molar refractivity (Wildman–Crippen MR) is 123 cm³/mol. The highest BCUT2D eigenvalue weighted by atomic mass is 16.5. The number of rotatable bonds is 6. The van der Waals surface area contributed by atoms with Gasteiger partial charge < -0.3 is 25.1 Å². The van der Waals surface area contributed by atoms with Gasteiger partial charge in [0.15, 0.2) is 11.5 Å². The van der Waals surface area contributed by atoms with E-state index in [4.69, 9.17) is 20.2 Å². The maximum absolute atomic E-state index is 12.9. The highest BCUT2D eigenvalue weighted by Gasteiger charge is 2.18. The fraction of sp³-hybridized carbons (Fsp3) is 0.455. The van der Waals surface area contributed by atoms with Crippen LogP contribution in [-0.2, 0) is 18.2 Å². The van der Waals surface area contributed by atoms with Crippen LogP contribution < -0.4 is 16.0 Å². The second kappa shape index (κ2) is 9.39. The second-order valence-corrected chi connectivity index (χ2v) is 7.61. The molecule has 0 unspecified atom stereocenters. The van der Waals surface area contributed by atoms with Crippen molar-refractivity contribution in [2.45, 2.75) is 26.7 Å². The van der Waals surface area contributed by atoms with E-state index in [0.29, 0.717) is 72.7 Å². The Labute approximate surface area is 186 Å². The molecule has 1 aliphatic rings. The molecule has 3 aromatic rings. The van der Waals surface area contributed by atoms with Gasteiger partial charge in [-0.25, -0.2) is 9.98 Å². The minimum absolute atomic E-state index is 0.244. The number of guanidine groups is 1. The normalized spacial score (nSPS) is 14.8. The molecule has 0 radical (unpaired) electrons. The summed E-state index contributed by atoms with van der Waals surface area (Å²) in [6.45, 7) is 7.11. The first-order chi connectivity index (χ1) is 15.5. The molecule has 0 amide bonds. The highest BCUT2D eigenvalue weighted by molar-refractivity contribution is 5.83. The fourth-order valence-corrected chi connectivity index (χ4v) is 3.83. The first-order valence-corrected chi connectivity index (χ1v) is 10.9. The van der Waals surface area contributed by atoms with Crippen LogP contribution in [0.3, 0.4) is 0 Å². The van der Waals surface area contributed by atoms with Crippen LogP contribution in [0.15, 0.2) is 28.0 Å². The minimum Gasteiger partial charge on any atom is -0.493 e. The molecule has 3 N–H and O–H groups in total. The van der Waals surface area contributed by atoms with Gasteiger partial charge in [-0.1, -0.05) is 13.3 Å². The van der Waals surface area contributed by atoms with E-state index in [1.807, 2.05) is 30.0 Å². The van der Waals surface area contributed by atoms with E-state index in [0.717, 1.165) is 18.5 Å². The third kappa shape index (κ3) is 4.31. The van der Waals surface area contributed by atoms with Crippen molar-refractivity contribution in [3.05, 3.63) is 34.2 Å². The lowest BCUT2D eigenvalue weighted by atomic mass is 10.1. The molecule has 32 heavy (non-hydrogen) atoms. The monoisotopic (exact) mass is 439 g/mol. The van der Waals surface area contributed by atoms with Crippen LogP contribution >= 0.6 is 0 Å². The van der Waals surface area contributed by atoms with Gasteiger partial charge in [-0.15, -0.1) is 0 Å². The zero-order chi connectivity index (χ0) is 22.7. The summed E-state index contributed by atoms with van der Waals surface area (Å²) in [6.07, 6.45) is 1.65. The van der Waals surface area contributed by atoms with Crippen molar-refractivity contribution in [1.29, 1.82) is 0 Å². The maximum atomic E-state index is 12.9. The van der Waals surface area contributed by atoms with Gasteiger partial charge in [-0.3, -0.25) is 9.48 Å². The van der Waals surface area contributed by atoms with Crippen molar-refractivity contribution in [1.82, 2.24) is 24.6 Å². The molecule has 1 aliphatic heterocycles. The summed E-state index contributed by atoms with van der Waals surface area (Å²) >= 11 is 0. The van der Waals surface area contributed by atoms with Gasteiger partial charge in [-0.2, -0.15) is 5.10 Å². The molecule has 0 saturated carbocycles. The molecule has 1 saturated heterocycles. The molecular formula is C22H29N7O3. The number of nitrogens with one attached hydrogen (secondary N) is 1. The van der Waals surface area contributed by atoms with Crippen LogP contribution in [0.4, 0.5) is 5.69 Å². The number of aryl methyl sites for hydroxylation is 2. The van der Waals surface area contributed by atoms with Crippen LogP contribution in [0.25, 0.3) is 22.4 Å². The van der Waals surface area contributed by atoms with Gasteiger partial charge in [0.05, 0.1) is 36.8 Å². The van der Waals surface area contributed by atoms with Crippen molar-refractivity contribution < 1.29 is 9.47 Å². The van der Waals surface area contributed by atoms with Crippen molar-refractivity contribution >= 4 is 22.7 Å². The molecule has 0 bridgehead atoms. The lowest BCUT2D eigenvalue weighted by Gasteiger charge is -2.27. The zero-order valence-electron chi connectivity index (χ0n) is 18.7. The number of H-pyrrole nitrogens is 1. The zero-order valence-corrected chi connectivity index (χ0v) is 18.7. The number of hydrogen-bond donors (Lipinski definition) is 2. The van der Waals surface area contributed by atoms with Crippen molar-refractivity contribution in [2.75, 3.05) is 32.9 Å². The lowest BCUT2D eigenvalue weighted by Crippen LogP contribution is -2.44. The SMILES string of the molecule is CCCc1nn(C)c2c(=O)[nH]c(-c3cc(N=C(N)N4CCOCC4)ccc3OCC)nc12. The van der Waals surface area contributed by atoms with Crippen LogP contribution in [0.2, 0.25) is 0 Å². The van der Waals surface area contributed by atoms with Gasteiger partial charge in [0.1, 0.15) is 17.1 Å². The van der Waals surface area contributed by atoms with E-state index in [1.165, 1.54) is 0 Å². The second-order valence-electron chi connectivity index (χ2n) is 7.61. The largest absolute Gasteiger partial charge is 0.493 e. The summed E-state index contributed by atoms with van der Waals surface area (Å²) in [5.74, 6) is 1.45. The molecule has 0 aliphatic carbocycles. The Bertz CT molecular complexity index is 1190. The smallest absolute Gasteiger partial charge is 0.277 e. The van der Waals surface area contributed by atoms with Gasteiger partial charge in [0, 0.05) is 20.1 Å². The van der Waals surface area contributed by atoms with E-state index in [2.05, 4.69) is 22.0 Å². The van der Waals surface area contributed by atoms with Crippen molar-refractivity contribution in [3.63, 3.8) is 0 Å². The minimum atomic E-state index is -0.244. The fourth-order valence-electron chi connectivity index (χ4n) is 3.83. The molecule has 3 heterocycles. The quantitative estimate of drug-likeness (QED) is 0.444. The number of nitrogens with two attached hydrogens (primary N) is 1. The predicted octanol–water partition coefficient (Wildman–Crippen LogP) is 1.95. The molecule has 1 aromatic carbocycles. The van der Waals surface area contributed by atoms with Crippen LogP contribution in [0.5, 0.6) is 5.75 Å². The summed E-state index contributed by atoms with van der Waals surface area (Å²) in [5.41, 5.74) is 9.15. The number of hydrogen-bond acceptors (Lipinski definition) is 6. The number of aromatic amines is 1. The van der Waals surface area contributed by atoms with Gasteiger partial charge >= 0.3 is 0 Å². The molecule has 0 atom stereocenters. The van der Waals surface area contributed by atoms with Crippen LogP contribution in [-0.4, -0.2) is 63.5 Å². The number of aliphatic imine (C=N–C) groups is 1. The van der Waals surface area contributed by atoms with E-state index < -0.39 is 0 Å². The first kappa shape index (κ1) is 21.8. The Balaban J connectivity index is 1.81. The molecular weight excluding hydrogens is 410 g/mol. The lowest BCUT2D eigenvalue weighted by molar-refractivity contribution is 0.0675. The molecule has 10 nitrogen and oxygen atoms in total. The topological polar surface area (TPSA) is 124 Å². The number of morpholine rings is 1. The molecule has 10 heteroatoms. The third-order valence-electron chi connectivity index (χ3n) is 5.35. The summed E-state index contributed by atoms with van der Waals surface area (Å²) in [6, 6.07) is 5.49. The van der Waals surface area contributed by atoms with Crippen LogP contribution in [0.1, 0.15) is 26.0 Å². The maximum Gasteiger partial charge on any atom is 0.277 e. The molecule has 0 spiro atoms. The van der Waals surface area contributed by atoms with E-state index in [9.17, 15) is 4.79 Å². The third-order valence-corrected chi connectivity index (χ3v) is 5.35. The first-order valence-electron chi connectivity index (χ1n) is 10.9. The van der Waals surface area contributed by atoms with E-state index in [-0.39, 0.29) is 5.56 Å². The molecule has 170 valence electrons. The van der Waals surface area contributed by atoms with Gasteiger partial charge in [0.25, 0.3) is 5.56 Å². The number of fused-ring (bicyclic) bond motifs is 1. The Hall–Kier alpha value is -3.40. The van der Waals surface area contributed by atoms with Crippen molar-refractivity contribution in [2.24, 2.45) is 17.8 Å². The molecule has 4 rings (SSSR count). The number of benzene rings is 1. The number of nitrogens with zero attached hydrogens (tertiary/aromatic N) is 5. The average molecular weight is 440 g/mol. The summed E-state index contributed by atoms with van der Waals surface area (Å²) in [4.78, 5) is 27.1. The van der Waals surface area contributed by atoms with E-state index in [1.54, 1.807) is 11.7 Å². The van der Waals surface area contributed by atoms with Crippen molar-refractivity contribution in [3.8, 4) is 17.1 Å². The molecule has 2 aromatic heterocycles. The standard InChI is InChI=1S/C22H29N7O3/c1-4-6-16-18-19(28(3)27-16)21(30)26-20(25-18)15-13-14(7-8-17(15)32-5-2)24-22(23)29-9-11-31-12-10-29/h7-8,13H,4-6,9-12H2,1-3H3,(H2,23,24)(H,25,26,30). The average Bonchev–Trinajstić information content (AvgIpc) is 3.11. The number of aromatic nitrogens is 4. The Morgan fingerprint density at radius 1 is 1.31 bits per heavy atom. The summed E-state index contributed by atoms with van der Waals surface area (Å²) in [5, 5.41) is 4.49.